The van der Waals surface area contributed by atoms with Gasteiger partial charge >= 0.3 is 0 Å². The molecule has 2 heterocycles. The van der Waals surface area contributed by atoms with Crippen LogP contribution < -0.4 is 10.2 Å². The van der Waals surface area contributed by atoms with Gasteiger partial charge in [0.25, 0.3) is 5.91 Å². The summed E-state index contributed by atoms with van der Waals surface area (Å²) in [6, 6.07) is 11.3. The summed E-state index contributed by atoms with van der Waals surface area (Å²) in [6.07, 6.45) is 5.21. The van der Waals surface area contributed by atoms with E-state index in [2.05, 4.69) is 39.0 Å². The molecule has 1 N–H and O–H groups in total. The standard InChI is InChI=1S/C20H23N5O/c1-3-11-25(12-4-2)18-13-17(22-14-23-18)20(26)24-16-9-5-7-15-8-6-10-21-19(15)16/h5-10,13-14H,3-4,11-12H2,1-2H3,(H,24,26). The van der Waals surface area contributed by atoms with E-state index < -0.39 is 0 Å². The lowest BCUT2D eigenvalue weighted by Crippen LogP contribution is -2.26. The van der Waals surface area contributed by atoms with E-state index in [-0.39, 0.29) is 5.91 Å². The summed E-state index contributed by atoms with van der Waals surface area (Å²) in [6.45, 7) is 6.06. The van der Waals surface area contributed by atoms with Crippen LogP contribution in [0.1, 0.15) is 37.2 Å². The van der Waals surface area contributed by atoms with Crippen LogP contribution in [-0.4, -0.2) is 33.9 Å². The zero-order valence-corrected chi connectivity index (χ0v) is 15.1. The normalized spacial score (nSPS) is 10.7. The predicted molar refractivity (Wildman–Crippen MR) is 105 cm³/mol. The van der Waals surface area contributed by atoms with Crippen molar-refractivity contribution in [3.05, 3.63) is 54.6 Å². The largest absolute Gasteiger partial charge is 0.357 e. The minimum absolute atomic E-state index is 0.264. The van der Waals surface area contributed by atoms with Crippen molar-refractivity contribution in [3.63, 3.8) is 0 Å². The lowest BCUT2D eigenvalue weighted by atomic mass is 10.2. The number of anilines is 2. The summed E-state index contributed by atoms with van der Waals surface area (Å²) in [4.78, 5) is 27.7. The van der Waals surface area contributed by atoms with Gasteiger partial charge in [0.1, 0.15) is 17.8 Å². The Kier molecular flexibility index (Phi) is 5.73. The van der Waals surface area contributed by atoms with Crippen LogP contribution in [0.5, 0.6) is 0 Å². The summed E-state index contributed by atoms with van der Waals surface area (Å²) in [7, 11) is 0. The number of para-hydroxylation sites is 1. The Morgan fingerprint density at radius 3 is 2.58 bits per heavy atom. The van der Waals surface area contributed by atoms with Crippen molar-refractivity contribution >= 4 is 28.3 Å². The van der Waals surface area contributed by atoms with Crippen LogP contribution in [0.25, 0.3) is 10.9 Å². The first-order valence-corrected chi connectivity index (χ1v) is 8.95. The third-order valence-electron chi connectivity index (χ3n) is 4.08. The maximum Gasteiger partial charge on any atom is 0.274 e. The Balaban J connectivity index is 1.84. The molecule has 0 saturated carbocycles. The van der Waals surface area contributed by atoms with E-state index in [1.807, 2.05) is 30.3 Å². The van der Waals surface area contributed by atoms with E-state index in [9.17, 15) is 4.79 Å². The van der Waals surface area contributed by atoms with Crippen molar-refractivity contribution in [3.8, 4) is 0 Å². The van der Waals surface area contributed by atoms with Crippen molar-refractivity contribution in [1.29, 1.82) is 0 Å². The minimum atomic E-state index is -0.264. The third-order valence-corrected chi connectivity index (χ3v) is 4.08. The first kappa shape index (κ1) is 17.8. The van der Waals surface area contributed by atoms with E-state index in [0.717, 1.165) is 42.7 Å². The Morgan fingerprint density at radius 1 is 1.04 bits per heavy atom. The van der Waals surface area contributed by atoms with Crippen LogP contribution in [-0.2, 0) is 0 Å². The average Bonchev–Trinajstić information content (AvgIpc) is 2.68. The molecule has 0 saturated heterocycles. The van der Waals surface area contributed by atoms with Crippen LogP contribution in [0.3, 0.4) is 0 Å². The van der Waals surface area contributed by atoms with Gasteiger partial charge in [0, 0.05) is 30.7 Å². The van der Waals surface area contributed by atoms with Crippen LogP contribution in [0.4, 0.5) is 11.5 Å². The Bertz CT molecular complexity index is 885. The Labute approximate surface area is 153 Å². The minimum Gasteiger partial charge on any atom is -0.357 e. The molecule has 0 fully saturated rings. The van der Waals surface area contributed by atoms with E-state index >= 15 is 0 Å². The number of benzene rings is 1. The summed E-state index contributed by atoms with van der Waals surface area (Å²) in [5.74, 6) is 0.518. The predicted octanol–water partition coefficient (Wildman–Crippen LogP) is 3.90. The van der Waals surface area contributed by atoms with Gasteiger partial charge in [0.05, 0.1) is 11.2 Å². The lowest BCUT2D eigenvalue weighted by Gasteiger charge is -2.22. The number of hydrogen-bond acceptors (Lipinski definition) is 5. The van der Waals surface area contributed by atoms with Gasteiger partial charge in [-0.05, 0) is 25.0 Å². The van der Waals surface area contributed by atoms with Crippen LogP contribution >= 0.6 is 0 Å². The molecule has 6 heteroatoms. The number of carbonyl (C=O) groups is 1. The van der Waals surface area contributed by atoms with Crippen molar-refractivity contribution < 1.29 is 4.79 Å². The number of aromatic nitrogens is 3. The molecule has 134 valence electrons. The third kappa shape index (κ3) is 3.96. The number of nitrogens with one attached hydrogen (secondary N) is 1. The molecule has 2 aromatic heterocycles. The van der Waals surface area contributed by atoms with Gasteiger partial charge in [0.2, 0.25) is 0 Å². The van der Waals surface area contributed by atoms with Crippen LogP contribution in [0.2, 0.25) is 0 Å². The second-order valence-electron chi connectivity index (χ2n) is 6.08. The quantitative estimate of drug-likeness (QED) is 0.700. The fraction of sp³-hybridized carbons (Fsp3) is 0.300. The zero-order valence-electron chi connectivity index (χ0n) is 15.1. The number of carbonyl (C=O) groups excluding carboxylic acids is 1. The van der Waals surface area contributed by atoms with Gasteiger partial charge in [-0.25, -0.2) is 9.97 Å². The SMILES string of the molecule is CCCN(CCC)c1cc(C(=O)Nc2cccc3cccnc23)ncn1. The molecule has 3 rings (SSSR count). The molecule has 0 spiro atoms. The van der Waals surface area contributed by atoms with Crippen molar-refractivity contribution in [2.75, 3.05) is 23.3 Å². The Hall–Kier alpha value is -3.02. The van der Waals surface area contributed by atoms with Gasteiger partial charge in [-0.3, -0.25) is 9.78 Å². The van der Waals surface area contributed by atoms with Gasteiger partial charge < -0.3 is 10.2 Å². The fourth-order valence-corrected chi connectivity index (χ4v) is 2.92. The molecule has 0 atom stereocenters. The van der Waals surface area contributed by atoms with E-state index in [0.29, 0.717) is 11.4 Å². The Morgan fingerprint density at radius 2 is 1.81 bits per heavy atom. The summed E-state index contributed by atoms with van der Waals surface area (Å²) < 4.78 is 0. The summed E-state index contributed by atoms with van der Waals surface area (Å²) in [5.41, 5.74) is 1.78. The first-order chi connectivity index (χ1) is 12.7. The highest BCUT2D eigenvalue weighted by molar-refractivity contribution is 6.07. The molecule has 0 radical (unpaired) electrons. The lowest BCUT2D eigenvalue weighted by molar-refractivity contribution is 0.102. The number of amides is 1. The maximum absolute atomic E-state index is 12.7. The monoisotopic (exact) mass is 349 g/mol. The van der Waals surface area contributed by atoms with E-state index in [4.69, 9.17) is 0 Å². The molecular formula is C20H23N5O. The topological polar surface area (TPSA) is 71.0 Å². The van der Waals surface area contributed by atoms with Gasteiger partial charge in [0.15, 0.2) is 0 Å². The molecule has 1 amide bonds. The van der Waals surface area contributed by atoms with Gasteiger partial charge in [-0.2, -0.15) is 0 Å². The number of hydrogen-bond donors (Lipinski definition) is 1. The maximum atomic E-state index is 12.7. The number of nitrogens with zero attached hydrogens (tertiary/aromatic N) is 4. The molecule has 0 aliphatic rings. The second-order valence-corrected chi connectivity index (χ2v) is 6.08. The van der Waals surface area contributed by atoms with Crippen molar-refractivity contribution in [2.45, 2.75) is 26.7 Å². The molecule has 26 heavy (non-hydrogen) atoms. The molecule has 0 aliphatic carbocycles. The molecule has 0 bridgehead atoms. The summed E-state index contributed by atoms with van der Waals surface area (Å²) in [5, 5.41) is 3.90. The fourth-order valence-electron chi connectivity index (χ4n) is 2.92. The highest BCUT2D eigenvalue weighted by Gasteiger charge is 2.14. The highest BCUT2D eigenvalue weighted by atomic mass is 16.1. The van der Waals surface area contributed by atoms with Crippen molar-refractivity contribution in [1.82, 2.24) is 15.0 Å². The van der Waals surface area contributed by atoms with Crippen LogP contribution in [0.15, 0.2) is 48.9 Å². The van der Waals surface area contributed by atoms with Crippen LogP contribution in [0, 0.1) is 0 Å². The number of fused-ring (bicyclic) bond motifs is 1. The summed E-state index contributed by atoms with van der Waals surface area (Å²) >= 11 is 0. The first-order valence-electron chi connectivity index (χ1n) is 8.95. The average molecular weight is 349 g/mol. The van der Waals surface area contributed by atoms with Gasteiger partial charge in [-0.15, -0.1) is 0 Å². The van der Waals surface area contributed by atoms with Crippen molar-refractivity contribution in [2.24, 2.45) is 0 Å². The van der Waals surface area contributed by atoms with E-state index in [1.165, 1.54) is 6.33 Å². The molecule has 0 unspecified atom stereocenters. The highest BCUT2D eigenvalue weighted by Crippen LogP contribution is 2.21. The molecule has 1 aromatic carbocycles. The molecule has 3 aromatic rings. The zero-order chi connectivity index (χ0) is 18.4. The smallest absolute Gasteiger partial charge is 0.274 e. The van der Waals surface area contributed by atoms with Gasteiger partial charge in [-0.1, -0.05) is 32.0 Å². The molecule has 0 aliphatic heterocycles. The second kappa shape index (κ2) is 8.38. The molecular weight excluding hydrogens is 326 g/mol. The number of pyridine rings is 1. The van der Waals surface area contributed by atoms with E-state index in [1.54, 1.807) is 12.3 Å². The number of rotatable bonds is 7. The molecule has 6 nitrogen and oxygen atoms in total.